The summed E-state index contributed by atoms with van der Waals surface area (Å²) in [5, 5.41) is 0. The Labute approximate surface area is 195 Å². The highest BCUT2D eigenvalue weighted by Crippen LogP contribution is 2.32. The molecule has 0 bridgehead atoms. The number of fused-ring (bicyclic) bond motifs is 1. The van der Waals surface area contributed by atoms with Crippen molar-refractivity contribution < 1.29 is 31.1 Å². The number of methoxy groups -OCH3 is 1. The predicted octanol–water partition coefficient (Wildman–Crippen LogP) is 2.94. The maximum atomic E-state index is 13.4. The summed E-state index contributed by atoms with van der Waals surface area (Å²) in [6.07, 6.45) is -2.67. The molecule has 1 saturated heterocycles. The van der Waals surface area contributed by atoms with Gasteiger partial charge in [-0.25, -0.2) is 4.98 Å². The molecule has 0 spiro atoms. The molecular weight excluding hydrogens is 473 g/mol. The molecule has 0 aliphatic carbocycles. The molecule has 2 aromatic rings. The number of likely N-dealkylation sites (tertiary alicyclic amines) is 1. The standard InChI is InChI=1S/C22H23F3N4O4S/c1-33-12-11-29(19-9-8-16(13-26-19)22(23,24)25)21(30)15-5-4-10-28(14-15)20-17-6-2-3-7-18(17)34(31,32)27-20/h2-3,6-9,13,15H,4-5,10-12,14H2,1H3. The van der Waals surface area contributed by atoms with E-state index in [4.69, 9.17) is 4.74 Å². The number of piperidine rings is 1. The van der Waals surface area contributed by atoms with Crippen LogP contribution in [0.15, 0.2) is 51.9 Å². The highest BCUT2D eigenvalue weighted by atomic mass is 32.2. The number of ether oxygens (including phenoxy) is 1. The van der Waals surface area contributed by atoms with Gasteiger partial charge in [-0.2, -0.15) is 21.6 Å². The fraction of sp³-hybridized carbons (Fsp3) is 0.409. The molecule has 1 unspecified atom stereocenters. The first-order valence-corrected chi connectivity index (χ1v) is 12.1. The number of nitrogens with zero attached hydrogens (tertiary/aromatic N) is 4. The molecule has 182 valence electrons. The largest absolute Gasteiger partial charge is 0.417 e. The molecule has 1 fully saturated rings. The summed E-state index contributed by atoms with van der Waals surface area (Å²) in [6, 6.07) is 8.59. The minimum atomic E-state index is -4.53. The molecule has 34 heavy (non-hydrogen) atoms. The molecule has 12 heteroatoms. The average molecular weight is 497 g/mol. The number of halogens is 3. The van der Waals surface area contributed by atoms with Crippen LogP contribution in [0.3, 0.4) is 0 Å². The van der Waals surface area contributed by atoms with Crippen molar-refractivity contribution in [2.45, 2.75) is 23.9 Å². The first-order chi connectivity index (χ1) is 16.1. The van der Waals surface area contributed by atoms with Gasteiger partial charge in [0.2, 0.25) is 5.91 Å². The van der Waals surface area contributed by atoms with Crippen LogP contribution in [0.1, 0.15) is 24.0 Å². The second-order valence-electron chi connectivity index (χ2n) is 8.06. The Morgan fingerprint density at radius 3 is 2.68 bits per heavy atom. The van der Waals surface area contributed by atoms with Crippen molar-refractivity contribution >= 4 is 27.6 Å². The first-order valence-electron chi connectivity index (χ1n) is 10.6. The molecule has 3 heterocycles. The zero-order valence-electron chi connectivity index (χ0n) is 18.3. The zero-order chi connectivity index (χ0) is 24.5. The molecule has 1 amide bonds. The van der Waals surface area contributed by atoms with Crippen molar-refractivity contribution in [2.24, 2.45) is 10.3 Å². The van der Waals surface area contributed by atoms with Crippen molar-refractivity contribution in [1.82, 2.24) is 9.88 Å². The van der Waals surface area contributed by atoms with Crippen LogP contribution in [0, 0.1) is 5.92 Å². The maximum Gasteiger partial charge on any atom is 0.417 e. The third kappa shape index (κ3) is 4.78. The third-order valence-corrected chi connectivity index (χ3v) is 7.14. The lowest BCUT2D eigenvalue weighted by Gasteiger charge is -2.35. The summed E-state index contributed by atoms with van der Waals surface area (Å²) in [5.74, 6) is -0.431. The molecule has 8 nitrogen and oxygen atoms in total. The first kappa shape index (κ1) is 24.1. The molecule has 0 saturated carbocycles. The minimum Gasteiger partial charge on any atom is -0.383 e. The lowest BCUT2D eigenvalue weighted by molar-refractivity contribution is -0.137. The van der Waals surface area contributed by atoms with E-state index in [1.165, 1.54) is 24.1 Å². The highest BCUT2D eigenvalue weighted by molar-refractivity contribution is 7.90. The average Bonchev–Trinajstić information content (AvgIpc) is 3.10. The Bertz CT molecular complexity index is 1200. The summed E-state index contributed by atoms with van der Waals surface area (Å²) >= 11 is 0. The van der Waals surface area contributed by atoms with Gasteiger partial charge in [-0.3, -0.25) is 9.69 Å². The van der Waals surface area contributed by atoms with Crippen molar-refractivity contribution in [1.29, 1.82) is 0 Å². The number of aromatic nitrogens is 1. The summed E-state index contributed by atoms with van der Waals surface area (Å²) < 4.78 is 72.7. The molecule has 0 radical (unpaired) electrons. The van der Waals surface area contributed by atoms with Crippen LogP contribution in [0.5, 0.6) is 0 Å². The number of hydrogen-bond acceptors (Lipinski definition) is 6. The molecule has 1 atom stereocenters. The summed E-state index contributed by atoms with van der Waals surface area (Å²) in [5.41, 5.74) is -0.408. The summed E-state index contributed by atoms with van der Waals surface area (Å²) in [6.45, 7) is 1.04. The van der Waals surface area contributed by atoms with E-state index in [-0.39, 0.29) is 36.3 Å². The van der Waals surface area contributed by atoms with Gasteiger partial charge in [0.25, 0.3) is 10.0 Å². The van der Waals surface area contributed by atoms with Gasteiger partial charge in [-0.1, -0.05) is 12.1 Å². The lowest BCUT2D eigenvalue weighted by Crippen LogP contribution is -2.47. The zero-order valence-corrected chi connectivity index (χ0v) is 19.1. The fourth-order valence-electron chi connectivity index (χ4n) is 4.14. The molecule has 2 aliphatic rings. The Balaban J connectivity index is 1.57. The van der Waals surface area contributed by atoms with E-state index in [0.29, 0.717) is 37.0 Å². The number of alkyl halides is 3. The van der Waals surface area contributed by atoms with Gasteiger partial charge in [0.1, 0.15) is 10.7 Å². The Morgan fingerprint density at radius 2 is 2.00 bits per heavy atom. The van der Waals surface area contributed by atoms with Crippen molar-refractivity contribution in [2.75, 3.05) is 38.3 Å². The molecule has 1 aromatic carbocycles. The predicted molar refractivity (Wildman–Crippen MR) is 118 cm³/mol. The fourth-order valence-corrected chi connectivity index (χ4v) is 5.37. The monoisotopic (exact) mass is 496 g/mol. The Hall–Kier alpha value is -2.99. The van der Waals surface area contributed by atoms with Gasteiger partial charge in [0, 0.05) is 32.0 Å². The van der Waals surface area contributed by atoms with Crippen molar-refractivity contribution in [3.63, 3.8) is 0 Å². The van der Waals surface area contributed by atoms with Crippen LogP contribution in [-0.2, 0) is 25.7 Å². The number of sulfonamides is 1. The van der Waals surface area contributed by atoms with Crippen LogP contribution in [-0.4, -0.2) is 63.4 Å². The molecule has 4 rings (SSSR count). The van der Waals surface area contributed by atoms with Gasteiger partial charge in [0.05, 0.1) is 24.6 Å². The Morgan fingerprint density at radius 1 is 1.24 bits per heavy atom. The number of carbonyl (C=O) groups is 1. The lowest BCUT2D eigenvalue weighted by atomic mass is 9.95. The normalized spacial score (nSPS) is 19.5. The number of amides is 1. The van der Waals surface area contributed by atoms with Gasteiger partial charge in [-0.15, -0.1) is 4.40 Å². The number of hydrogen-bond donors (Lipinski definition) is 0. The third-order valence-electron chi connectivity index (χ3n) is 5.82. The van der Waals surface area contributed by atoms with Gasteiger partial charge >= 0.3 is 6.18 Å². The van der Waals surface area contributed by atoms with Crippen LogP contribution in [0.2, 0.25) is 0 Å². The second kappa shape index (κ2) is 9.34. The summed E-state index contributed by atoms with van der Waals surface area (Å²) in [7, 11) is -2.34. The van der Waals surface area contributed by atoms with E-state index in [1.54, 1.807) is 23.1 Å². The number of anilines is 1. The van der Waals surface area contributed by atoms with E-state index in [1.807, 2.05) is 0 Å². The van der Waals surface area contributed by atoms with Gasteiger partial charge < -0.3 is 9.64 Å². The maximum absolute atomic E-state index is 13.4. The number of carbonyl (C=O) groups excluding carboxylic acids is 1. The van der Waals surface area contributed by atoms with Crippen LogP contribution in [0.4, 0.5) is 19.0 Å². The van der Waals surface area contributed by atoms with E-state index < -0.39 is 27.7 Å². The number of benzene rings is 1. The second-order valence-corrected chi connectivity index (χ2v) is 9.63. The topological polar surface area (TPSA) is 92.2 Å². The van der Waals surface area contributed by atoms with Gasteiger partial charge in [0.15, 0.2) is 5.84 Å². The summed E-state index contributed by atoms with van der Waals surface area (Å²) in [4.78, 5) is 20.5. The molecular formula is C22H23F3N4O4S. The minimum absolute atomic E-state index is 0.0957. The van der Waals surface area contributed by atoms with E-state index in [9.17, 15) is 26.4 Å². The van der Waals surface area contributed by atoms with E-state index in [0.717, 1.165) is 6.07 Å². The Kier molecular flexibility index (Phi) is 6.63. The quantitative estimate of drug-likeness (QED) is 0.632. The van der Waals surface area contributed by atoms with E-state index >= 15 is 0 Å². The highest BCUT2D eigenvalue weighted by Gasteiger charge is 2.37. The molecule has 2 aliphatic heterocycles. The smallest absolute Gasteiger partial charge is 0.383 e. The van der Waals surface area contributed by atoms with Crippen molar-refractivity contribution in [3.8, 4) is 0 Å². The van der Waals surface area contributed by atoms with Gasteiger partial charge in [-0.05, 0) is 37.1 Å². The van der Waals surface area contributed by atoms with E-state index in [2.05, 4.69) is 9.38 Å². The van der Waals surface area contributed by atoms with Crippen molar-refractivity contribution in [3.05, 3.63) is 53.7 Å². The number of pyridine rings is 1. The van der Waals surface area contributed by atoms with Crippen LogP contribution < -0.4 is 4.90 Å². The van der Waals surface area contributed by atoms with Crippen LogP contribution >= 0.6 is 0 Å². The molecule has 0 N–H and O–H groups in total. The molecule has 1 aromatic heterocycles. The van der Waals surface area contributed by atoms with Crippen LogP contribution in [0.25, 0.3) is 0 Å². The number of rotatable bonds is 5. The SMILES string of the molecule is COCCN(C(=O)C1CCCN(C2=NS(=O)(=O)c3ccccc32)C1)c1ccc(C(F)(F)F)cn1. The number of amidine groups is 1.